The van der Waals surface area contributed by atoms with Gasteiger partial charge in [0.1, 0.15) is 0 Å². The van der Waals surface area contributed by atoms with Crippen molar-refractivity contribution in [3.63, 3.8) is 0 Å². The van der Waals surface area contributed by atoms with Gasteiger partial charge in [-0.3, -0.25) is 0 Å². The van der Waals surface area contributed by atoms with Crippen molar-refractivity contribution < 1.29 is 9.78 Å². The van der Waals surface area contributed by atoms with Gasteiger partial charge < -0.3 is 10.2 Å². The number of benzene rings is 1. The predicted molar refractivity (Wildman–Crippen MR) is 43.6 cm³/mol. The number of hydrogen-bond donors (Lipinski definition) is 1. The molecule has 0 bridgehead atoms. The molecular formula is C8H11NO2. The molecule has 0 atom stereocenters. The fourth-order valence-electron chi connectivity index (χ4n) is 0.800. The lowest BCUT2D eigenvalue weighted by atomic mass is 10.3. The normalized spacial score (nSPS) is 9.27. The van der Waals surface area contributed by atoms with Crippen LogP contribution < -0.4 is 10.2 Å². The maximum absolute atomic E-state index is 4.81. The Morgan fingerprint density at radius 3 is 2.82 bits per heavy atom. The molecule has 60 valence electrons. The number of anilines is 1. The molecule has 1 aromatic rings. The first kappa shape index (κ1) is 7.88. The van der Waals surface area contributed by atoms with Gasteiger partial charge in [-0.2, -0.15) is 4.89 Å². The van der Waals surface area contributed by atoms with Crippen molar-refractivity contribution in [2.24, 2.45) is 0 Å². The first-order chi connectivity index (χ1) is 5.36. The molecule has 0 saturated heterocycles. The second kappa shape index (κ2) is 3.83. The first-order valence-corrected chi connectivity index (χ1v) is 3.35. The van der Waals surface area contributed by atoms with E-state index in [2.05, 4.69) is 10.2 Å². The molecule has 1 rings (SSSR count). The van der Waals surface area contributed by atoms with Gasteiger partial charge >= 0.3 is 0 Å². The summed E-state index contributed by atoms with van der Waals surface area (Å²) in [6, 6.07) is 7.51. The van der Waals surface area contributed by atoms with Gasteiger partial charge in [-0.25, -0.2) is 0 Å². The van der Waals surface area contributed by atoms with Gasteiger partial charge in [-0.15, -0.1) is 0 Å². The van der Waals surface area contributed by atoms with Crippen molar-refractivity contribution in [2.45, 2.75) is 0 Å². The predicted octanol–water partition coefficient (Wildman–Crippen LogP) is 1.67. The van der Waals surface area contributed by atoms with Crippen LogP contribution in [0.4, 0.5) is 5.69 Å². The molecule has 0 aliphatic carbocycles. The molecule has 0 radical (unpaired) electrons. The van der Waals surface area contributed by atoms with E-state index in [1.54, 1.807) is 0 Å². The Hall–Kier alpha value is -1.22. The Labute approximate surface area is 65.9 Å². The Bertz CT molecular complexity index is 225. The lowest BCUT2D eigenvalue weighted by Gasteiger charge is -2.02. The molecule has 3 heteroatoms. The quantitative estimate of drug-likeness (QED) is 0.529. The Morgan fingerprint density at radius 1 is 1.36 bits per heavy atom. The summed E-state index contributed by atoms with van der Waals surface area (Å²) in [7, 11) is 3.33. The zero-order chi connectivity index (χ0) is 8.10. The molecule has 0 aliphatic rings. The van der Waals surface area contributed by atoms with E-state index in [1.165, 1.54) is 7.11 Å². The average molecular weight is 153 g/mol. The molecule has 11 heavy (non-hydrogen) atoms. The molecule has 0 heterocycles. The molecule has 0 aliphatic heterocycles. The lowest BCUT2D eigenvalue weighted by Crippen LogP contribution is -1.92. The molecule has 1 N–H and O–H groups in total. The third-order valence-electron chi connectivity index (χ3n) is 1.30. The molecule has 0 unspecified atom stereocenters. The summed E-state index contributed by atoms with van der Waals surface area (Å²) in [6.45, 7) is 0. The van der Waals surface area contributed by atoms with Crippen LogP contribution in [-0.2, 0) is 4.89 Å². The summed E-state index contributed by atoms with van der Waals surface area (Å²) >= 11 is 0. The lowest BCUT2D eigenvalue weighted by molar-refractivity contribution is -0.178. The van der Waals surface area contributed by atoms with E-state index >= 15 is 0 Å². The van der Waals surface area contributed by atoms with Crippen LogP contribution in [0.25, 0.3) is 0 Å². The molecule has 0 spiro atoms. The van der Waals surface area contributed by atoms with Crippen molar-refractivity contribution in [1.29, 1.82) is 0 Å². The largest absolute Gasteiger partial charge is 0.388 e. The van der Waals surface area contributed by atoms with E-state index in [0.717, 1.165) is 5.69 Å². The van der Waals surface area contributed by atoms with E-state index in [0.29, 0.717) is 5.75 Å². The minimum absolute atomic E-state index is 0.694. The first-order valence-electron chi connectivity index (χ1n) is 3.35. The third-order valence-corrected chi connectivity index (χ3v) is 1.30. The second-order valence-electron chi connectivity index (χ2n) is 2.03. The standard InChI is InChI=1S/C8H11NO2/c1-9-7-4-3-5-8(6-7)11-10-2/h3-6,9H,1-2H3. The fourth-order valence-corrected chi connectivity index (χ4v) is 0.800. The Kier molecular flexibility index (Phi) is 2.74. The Balaban J connectivity index is 2.74. The van der Waals surface area contributed by atoms with E-state index in [9.17, 15) is 0 Å². The van der Waals surface area contributed by atoms with Crippen molar-refractivity contribution in [1.82, 2.24) is 0 Å². The summed E-state index contributed by atoms with van der Waals surface area (Å²) in [6.07, 6.45) is 0. The number of nitrogens with one attached hydrogen (secondary N) is 1. The SMILES string of the molecule is CNc1cccc(OOC)c1. The second-order valence-corrected chi connectivity index (χ2v) is 2.03. The highest BCUT2D eigenvalue weighted by Gasteiger charge is 1.93. The smallest absolute Gasteiger partial charge is 0.167 e. The van der Waals surface area contributed by atoms with Crippen molar-refractivity contribution in [3.8, 4) is 5.75 Å². The molecule has 0 fully saturated rings. The van der Waals surface area contributed by atoms with Gasteiger partial charge in [0.25, 0.3) is 0 Å². The van der Waals surface area contributed by atoms with Crippen LogP contribution in [-0.4, -0.2) is 14.2 Å². The van der Waals surface area contributed by atoms with Gasteiger partial charge in [0.2, 0.25) is 0 Å². The molecule has 1 aromatic carbocycles. The molecular weight excluding hydrogens is 142 g/mol. The monoisotopic (exact) mass is 153 g/mol. The zero-order valence-corrected chi connectivity index (χ0v) is 6.63. The summed E-state index contributed by atoms with van der Waals surface area (Å²) < 4.78 is 0. The van der Waals surface area contributed by atoms with Crippen LogP contribution in [0.1, 0.15) is 0 Å². The molecule has 0 aromatic heterocycles. The van der Waals surface area contributed by atoms with Gasteiger partial charge in [0, 0.05) is 18.8 Å². The number of rotatable bonds is 3. The van der Waals surface area contributed by atoms with Crippen LogP contribution in [0.5, 0.6) is 5.75 Å². The van der Waals surface area contributed by atoms with E-state index < -0.39 is 0 Å². The van der Waals surface area contributed by atoms with Gasteiger partial charge in [0.05, 0.1) is 7.11 Å². The van der Waals surface area contributed by atoms with Crippen molar-refractivity contribution >= 4 is 5.69 Å². The minimum atomic E-state index is 0.694. The van der Waals surface area contributed by atoms with Crippen LogP contribution >= 0.6 is 0 Å². The summed E-state index contributed by atoms with van der Waals surface area (Å²) in [5.74, 6) is 0.694. The number of hydrogen-bond acceptors (Lipinski definition) is 3. The molecule has 3 nitrogen and oxygen atoms in total. The topological polar surface area (TPSA) is 30.5 Å². The van der Waals surface area contributed by atoms with Crippen molar-refractivity contribution in [3.05, 3.63) is 24.3 Å². The highest BCUT2D eigenvalue weighted by atomic mass is 17.2. The van der Waals surface area contributed by atoms with Crippen LogP contribution in [0, 0.1) is 0 Å². The fraction of sp³-hybridized carbons (Fsp3) is 0.250. The summed E-state index contributed by atoms with van der Waals surface area (Å²) in [4.78, 5) is 9.31. The highest BCUT2D eigenvalue weighted by molar-refractivity contribution is 5.47. The third kappa shape index (κ3) is 2.13. The summed E-state index contributed by atoms with van der Waals surface area (Å²) in [5, 5.41) is 2.99. The van der Waals surface area contributed by atoms with E-state index in [-0.39, 0.29) is 0 Å². The van der Waals surface area contributed by atoms with Crippen LogP contribution in [0.2, 0.25) is 0 Å². The summed E-state index contributed by atoms with van der Waals surface area (Å²) in [5.41, 5.74) is 1.000. The van der Waals surface area contributed by atoms with Gasteiger partial charge in [0.15, 0.2) is 5.75 Å². The maximum atomic E-state index is 4.81. The molecule has 0 saturated carbocycles. The molecule has 0 amide bonds. The zero-order valence-electron chi connectivity index (χ0n) is 6.63. The van der Waals surface area contributed by atoms with E-state index in [1.807, 2.05) is 31.3 Å². The van der Waals surface area contributed by atoms with Crippen molar-refractivity contribution in [2.75, 3.05) is 19.5 Å². The van der Waals surface area contributed by atoms with Crippen LogP contribution in [0.3, 0.4) is 0 Å². The van der Waals surface area contributed by atoms with E-state index in [4.69, 9.17) is 4.89 Å². The average Bonchev–Trinajstić information content (AvgIpc) is 2.06. The van der Waals surface area contributed by atoms with Gasteiger partial charge in [-0.1, -0.05) is 6.07 Å². The van der Waals surface area contributed by atoms with Gasteiger partial charge in [-0.05, 0) is 12.1 Å². The maximum Gasteiger partial charge on any atom is 0.167 e. The minimum Gasteiger partial charge on any atom is -0.388 e. The van der Waals surface area contributed by atoms with Crippen LogP contribution in [0.15, 0.2) is 24.3 Å². The highest BCUT2D eigenvalue weighted by Crippen LogP contribution is 2.16. The Morgan fingerprint density at radius 2 is 2.18 bits per heavy atom.